The van der Waals surface area contributed by atoms with E-state index in [1.807, 2.05) is 20.8 Å². The summed E-state index contributed by atoms with van der Waals surface area (Å²) in [6.07, 6.45) is 7.86. The molecule has 0 aromatic heterocycles. The fraction of sp³-hybridized carbons (Fsp3) is 0.944. The Morgan fingerprint density at radius 2 is 1.74 bits per heavy atom. The lowest BCUT2D eigenvalue weighted by Crippen LogP contribution is -2.59. The van der Waals surface area contributed by atoms with Crippen LogP contribution < -0.4 is 0 Å². The minimum absolute atomic E-state index is 0.114. The van der Waals surface area contributed by atoms with Crippen LogP contribution in [0.3, 0.4) is 0 Å². The van der Waals surface area contributed by atoms with E-state index in [4.69, 9.17) is 4.74 Å². The van der Waals surface area contributed by atoms with Crippen LogP contribution in [0.5, 0.6) is 0 Å². The molecule has 4 nitrogen and oxygen atoms in total. The minimum Gasteiger partial charge on any atom is -0.459 e. The highest BCUT2D eigenvalue weighted by Crippen LogP contribution is 2.63. The predicted octanol–water partition coefficient (Wildman–Crippen LogP) is 3.35. The molecule has 4 bridgehead atoms. The third-order valence-corrected chi connectivity index (χ3v) is 7.58. The van der Waals surface area contributed by atoms with Crippen LogP contribution in [0.2, 0.25) is 0 Å². The first-order valence-corrected chi connectivity index (χ1v) is 10.9. The smallest absolute Gasteiger partial charge is 0.312 e. The van der Waals surface area contributed by atoms with Crippen LogP contribution in [0, 0.1) is 22.7 Å². The molecule has 0 amide bonds. The van der Waals surface area contributed by atoms with Crippen molar-refractivity contribution < 1.29 is 17.9 Å². The van der Waals surface area contributed by atoms with Gasteiger partial charge in [-0.2, -0.15) is 0 Å². The van der Waals surface area contributed by atoms with Crippen molar-refractivity contribution in [2.75, 3.05) is 12.0 Å². The van der Waals surface area contributed by atoms with Crippen LogP contribution in [0.25, 0.3) is 0 Å². The average molecular weight is 343 g/mol. The van der Waals surface area contributed by atoms with Crippen LogP contribution in [0.4, 0.5) is 0 Å². The molecular formula is C18H30O4S. The molecule has 132 valence electrons. The van der Waals surface area contributed by atoms with E-state index in [1.165, 1.54) is 12.7 Å². The quantitative estimate of drug-likeness (QED) is 0.719. The molecule has 0 radical (unpaired) electrons. The zero-order valence-electron chi connectivity index (χ0n) is 14.9. The van der Waals surface area contributed by atoms with Crippen molar-refractivity contribution in [2.24, 2.45) is 22.7 Å². The fourth-order valence-electron chi connectivity index (χ4n) is 5.69. The second-order valence-electron chi connectivity index (χ2n) is 9.34. The standard InChI is InChI=1S/C18H30O4S/c1-5-16(2,3)15(19)22-18-9-13-6-14(10-18)8-17(7-13,11-18)12-23(4,20)21/h13-14H,5-12H2,1-4H3. The van der Waals surface area contributed by atoms with Crippen LogP contribution in [0.1, 0.15) is 65.7 Å². The summed E-state index contributed by atoms with van der Waals surface area (Å²) in [6, 6.07) is 0. The molecule has 0 heterocycles. The molecule has 23 heavy (non-hydrogen) atoms. The molecule has 2 unspecified atom stereocenters. The third-order valence-electron chi connectivity index (χ3n) is 6.44. The molecule has 4 saturated carbocycles. The fourth-order valence-corrected chi connectivity index (χ4v) is 7.14. The van der Waals surface area contributed by atoms with Crippen molar-refractivity contribution >= 4 is 15.8 Å². The van der Waals surface area contributed by atoms with E-state index >= 15 is 0 Å². The van der Waals surface area contributed by atoms with Crippen LogP contribution in [-0.4, -0.2) is 32.0 Å². The van der Waals surface area contributed by atoms with Crippen molar-refractivity contribution in [1.29, 1.82) is 0 Å². The summed E-state index contributed by atoms with van der Waals surface area (Å²) in [4.78, 5) is 12.6. The van der Waals surface area contributed by atoms with Crippen molar-refractivity contribution in [2.45, 2.75) is 71.3 Å². The average Bonchev–Trinajstić information content (AvgIpc) is 2.33. The summed E-state index contributed by atoms with van der Waals surface area (Å²) in [5.74, 6) is 1.19. The molecule has 0 spiro atoms. The molecule has 4 fully saturated rings. The number of rotatable bonds is 5. The Hall–Kier alpha value is -0.580. The number of carbonyl (C=O) groups is 1. The molecule has 4 rings (SSSR count). The Morgan fingerprint density at radius 3 is 2.22 bits per heavy atom. The van der Waals surface area contributed by atoms with Crippen molar-refractivity contribution in [1.82, 2.24) is 0 Å². The van der Waals surface area contributed by atoms with Gasteiger partial charge in [0.1, 0.15) is 15.4 Å². The minimum atomic E-state index is -3.02. The van der Waals surface area contributed by atoms with Gasteiger partial charge in [-0.05, 0) is 76.0 Å². The zero-order chi connectivity index (χ0) is 17.1. The van der Waals surface area contributed by atoms with Gasteiger partial charge in [-0.25, -0.2) is 8.42 Å². The first kappa shape index (κ1) is 17.2. The topological polar surface area (TPSA) is 60.4 Å². The summed E-state index contributed by atoms with van der Waals surface area (Å²) in [5.41, 5.74) is -1.03. The molecule has 4 aliphatic rings. The maximum absolute atomic E-state index is 12.6. The maximum atomic E-state index is 12.6. The summed E-state index contributed by atoms with van der Waals surface area (Å²) < 4.78 is 30.0. The Morgan fingerprint density at radius 1 is 1.17 bits per heavy atom. The first-order chi connectivity index (χ1) is 10.5. The first-order valence-electron chi connectivity index (χ1n) is 8.88. The highest BCUT2D eigenvalue weighted by Gasteiger charge is 2.60. The molecule has 2 atom stereocenters. The number of carbonyl (C=O) groups excluding carboxylic acids is 1. The number of sulfone groups is 1. The van der Waals surface area contributed by atoms with Gasteiger partial charge < -0.3 is 4.74 Å². The van der Waals surface area contributed by atoms with E-state index in [0.29, 0.717) is 11.8 Å². The van der Waals surface area contributed by atoms with E-state index < -0.39 is 20.9 Å². The van der Waals surface area contributed by atoms with Gasteiger partial charge in [-0.3, -0.25) is 4.79 Å². The molecular weight excluding hydrogens is 312 g/mol. The Labute approximate surface area is 140 Å². The Bertz CT molecular complexity index is 591. The molecule has 5 heteroatoms. The normalized spacial score (nSPS) is 39.5. The number of hydrogen-bond donors (Lipinski definition) is 0. The van der Waals surface area contributed by atoms with Gasteiger partial charge in [0, 0.05) is 6.26 Å². The van der Waals surface area contributed by atoms with E-state index in [9.17, 15) is 13.2 Å². The van der Waals surface area contributed by atoms with E-state index in [2.05, 4.69) is 0 Å². The summed E-state index contributed by atoms with van der Waals surface area (Å²) in [7, 11) is -3.02. The summed E-state index contributed by atoms with van der Waals surface area (Å²) >= 11 is 0. The summed E-state index contributed by atoms with van der Waals surface area (Å²) in [5, 5.41) is 0. The Kier molecular flexibility index (Phi) is 3.90. The predicted molar refractivity (Wildman–Crippen MR) is 89.7 cm³/mol. The van der Waals surface area contributed by atoms with Crippen molar-refractivity contribution in [3.63, 3.8) is 0 Å². The van der Waals surface area contributed by atoms with Gasteiger partial charge >= 0.3 is 5.97 Å². The van der Waals surface area contributed by atoms with E-state index in [1.54, 1.807) is 0 Å². The number of hydrogen-bond acceptors (Lipinski definition) is 4. The number of ether oxygens (including phenoxy) is 1. The molecule has 4 aliphatic carbocycles. The molecule has 0 aliphatic heterocycles. The monoisotopic (exact) mass is 342 g/mol. The lowest BCUT2D eigenvalue weighted by molar-refractivity contribution is -0.206. The van der Waals surface area contributed by atoms with Crippen molar-refractivity contribution in [3.8, 4) is 0 Å². The van der Waals surface area contributed by atoms with Gasteiger partial charge in [0.25, 0.3) is 0 Å². The van der Waals surface area contributed by atoms with Gasteiger partial charge in [-0.1, -0.05) is 6.92 Å². The molecule has 0 N–H and O–H groups in total. The third kappa shape index (κ3) is 3.31. The van der Waals surface area contributed by atoms with Crippen LogP contribution in [-0.2, 0) is 19.4 Å². The SMILES string of the molecule is CCC(C)(C)C(=O)OC12CC3CC(CC(CS(C)(=O)=O)(C3)C1)C2. The van der Waals surface area contributed by atoms with Crippen LogP contribution >= 0.6 is 0 Å². The highest BCUT2D eigenvalue weighted by molar-refractivity contribution is 7.90. The van der Waals surface area contributed by atoms with Crippen molar-refractivity contribution in [3.05, 3.63) is 0 Å². The zero-order valence-corrected chi connectivity index (χ0v) is 15.7. The lowest BCUT2D eigenvalue weighted by Gasteiger charge is -2.61. The van der Waals surface area contributed by atoms with Crippen LogP contribution in [0.15, 0.2) is 0 Å². The Balaban J connectivity index is 1.85. The lowest BCUT2D eigenvalue weighted by atomic mass is 9.48. The van der Waals surface area contributed by atoms with Gasteiger partial charge in [0.2, 0.25) is 0 Å². The van der Waals surface area contributed by atoms with Gasteiger partial charge in [-0.15, -0.1) is 0 Å². The number of esters is 1. The second kappa shape index (κ2) is 5.21. The largest absolute Gasteiger partial charge is 0.459 e. The molecule has 0 aromatic carbocycles. The summed E-state index contributed by atoms with van der Waals surface area (Å²) in [6.45, 7) is 5.87. The highest BCUT2D eigenvalue weighted by atomic mass is 32.2. The van der Waals surface area contributed by atoms with E-state index in [0.717, 1.165) is 38.5 Å². The van der Waals surface area contributed by atoms with Gasteiger partial charge in [0.05, 0.1) is 11.2 Å². The molecule has 0 saturated heterocycles. The molecule has 0 aromatic rings. The maximum Gasteiger partial charge on any atom is 0.312 e. The second-order valence-corrected chi connectivity index (χ2v) is 11.5. The van der Waals surface area contributed by atoms with E-state index in [-0.39, 0.29) is 17.1 Å². The van der Waals surface area contributed by atoms with Gasteiger partial charge in [0.15, 0.2) is 0 Å².